The van der Waals surface area contributed by atoms with Gasteiger partial charge in [-0.15, -0.1) is 0 Å². The topological polar surface area (TPSA) is 71.5 Å². The van der Waals surface area contributed by atoms with Crippen molar-refractivity contribution in [2.75, 3.05) is 5.32 Å². The molecule has 0 fully saturated rings. The van der Waals surface area contributed by atoms with Crippen LogP contribution in [-0.2, 0) is 11.3 Å². The van der Waals surface area contributed by atoms with Gasteiger partial charge < -0.3 is 9.84 Å². The van der Waals surface area contributed by atoms with Crippen LogP contribution in [0, 0.1) is 0 Å². The Labute approximate surface area is 98.7 Å². The van der Waals surface area contributed by atoms with Crippen LogP contribution < -0.4 is 5.32 Å². The van der Waals surface area contributed by atoms with Crippen LogP contribution in [0.15, 0.2) is 18.3 Å². The number of aromatic nitrogens is 1. The molecule has 0 bridgehead atoms. The van der Waals surface area contributed by atoms with Gasteiger partial charge in [0.1, 0.15) is 11.4 Å². The van der Waals surface area contributed by atoms with E-state index in [-0.39, 0.29) is 23.5 Å². The molecular formula is C11H16N2O3. The van der Waals surface area contributed by atoms with Crippen molar-refractivity contribution in [3.05, 3.63) is 23.8 Å². The molecule has 5 nitrogen and oxygen atoms in total. The van der Waals surface area contributed by atoms with Crippen molar-refractivity contribution in [2.24, 2.45) is 0 Å². The summed E-state index contributed by atoms with van der Waals surface area (Å²) >= 11 is 0. The average molecular weight is 227 g/mol. The molecule has 1 amide bonds. The van der Waals surface area contributed by atoms with Crippen LogP contribution in [0.5, 0.6) is 0 Å². The SMILES string of the molecule is [2H]c1nc(NC(=O)OC(C)(C)C)c([2H])c(CO)c1[2H]. The number of anilines is 1. The highest BCUT2D eigenvalue weighted by atomic mass is 16.6. The first kappa shape index (κ1) is 8.52. The largest absolute Gasteiger partial charge is 0.444 e. The fraction of sp³-hybridized carbons (Fsp3) is 0.455. The van der Waals surface area contributed by atoms with Gasteiger partial charge >= 0.3 is 6.09 Å². The summed E-state index contributed by atoms with van der Waals surface area (Å²) in [5, 5.41) is 11.3. The summed E-state index contributed by atoms with van der Waals surface area (Å²) in [6, 6.07) is -0.628. The second kappa shape index (κ2) is 4.94. The Morgan fingerprint density at radius 2 is 2.38 bits per heavy atom. The van der Waals surface area contributed by atoms with Crippen LogP contribution >= 0.6 is 0 Å². The van der Waals surface area contributed by atoms with Crippen molar-refractivity contribution in [3.63, 3.8) is 0 Å². The molecule has 1 heterocycles. The summed E-state index contributed by atoms with van der Waals surface area (Å²) in [7, 11) is 0. The lowest BCUT2D eigenvalue weighted by Gasteiger charge is -2.19. The lowest BCUT2D eigenvalue weighted by atomic mass is 10.2. The zero-order chi connectivity index (χ0) is 14.8. The summed E-state index contributed by atoms with van der Waals surface area (Å²) < 4.78 is 27.6. The van der Waals surface area contributed by atoms with E-state index in [2.05, 4.69) is 10.3 Å². The second-order valence-electron chi connectivity index (χ2n) is 4.09. The summed E-state index contributed by atoms with van der Waals surface area (Å²) in [6.07, 6.45) is -1.24. The Morgan fingerprint density at radius 3 is 2.94 bits per heavy atom. The van der Waals surface area contributed by atoms with Gasteiger partial charge in [-0.2, -0.15) is 0 Å². The van der Waals surface area contributed by atoms with Gasteiger partial charge in [0.25, 0.3) is 0 Å². The molecule has 0 unspecified atom stereocenters. The van der Waals surface area contributed by atoms with Gasteiger partial charge in [-0.05, 0) is 38.4 Å². The smallest absolute Gasteiger partial charge is 0.413 e. The van der Waals surface area contributed by atoms with E-state index in [0.29, 0.717) is 0 Å². The van der Waals surface area contributed by atoms with E-state index in [1.54, 1.807) is 20.8 Å². The molecule has 0 aliphatic carbocycles. The number of nitrogens with one attached hydrogen (secondary N) is 1. The molecule has 0 saturated heterocycles. The molecule has 16 heavy (non-hydrogen) atoms. The molecule has 0 atom stereocenters. The van der Waals surface area contributed by atoms with Crippen molar-refractivity contribution < 1.29 is 18.8 Å². The van der Waals surface area contributed by atoms with Gasteiger partial charge in [-0.1, -0.05) is 0 Å². The molecule has 0 radical (unpaired) electrons. The molecule has 1 aromatic rings. The molecule has 2 N–H and O–H groups in total. The standard InChI is InChI=1S/C11H16N2O3/c1-11(2,3)16-10(15)13-9-6-8(7-14)4-5-12-9/h4-6,14H,7H2,1-3H3,(H,12,13,15)/i4D,5D,6D. The number of hydrogen-bond acceptors (Lipinski definition) is 4. The minimum atomic E-state index is -0.811. The van der Waals surface area contributed by atoms with E-state index in [1.165, 1.54) is 0 Å². The lowest BCUT2D eigenvalue weighted by Crippen LogP contribution is -2.27. The first-order chi connectivity index (χ1) is 8.65. The molecule has 0 saturated carbocycles. The Hall–Kier alpha value is -1.62. The van der Waals surface area contributed by atoms with E-state index in [9.17, 15) is 4.79 Å². The summed E-state index contributed by atoms with van der Waals surface area (Å²) in [4.78, 5) is 15.2. The van der Waals surface area contributed by atoms with Gasteiger partial charge in [-0.25, -0.2) is 9.78 Å². The Bertz CT molecular complexity index is 501. The molecule has 0 aromatic carbocycles. The van der Waals surface area contributed by atoms with E-state index in [4.69, 9.17) is 14.0 Å². The van der Waals surface area contributed by atoms with E-state index in [0.717, 1.165) is 0 Å². The molecule has 0 aliphatic heterocycles. The highest BCUT2D eigenvalue weighted by Crippen LogP contribution is 2.11. The van der Waals surface area contributed by atoms with Crippen molar-refractivity contribution in [3.8, 4) is 0 Å². The number of carbonyl (C=O) groups excluding carboxylic acids is 1. The number of carbonyl (C=O) groups is 1. The molecule has 5 heteroatoms. The normalized spacial score (nSPS) is 13.6. The number of pyridine rings is 1. The summed E-state index contributed by atoms with van der Waals surface area (Å²) in [5.41, 5.74) is -0.767. The number of rotatable bonds is 2. The quantitative estimate of drug-likeness (QED) is 0.809. The highest BCUT2D eigenvalue weighted by molar-refractivity contribution is 5.83. The van der Waals surface area contributed by atoms with Crippen LogP contribution in [0.2, 0.25) is 0 Å². The van der Waals surface area contributed by atoms with Crippen molar-refractivity contribution in [1.82, 2.24) is 4.98 Å². The second-order valence-corrected chi connectivity index (χ2v) is 4.09. The molecular weight excluding hydrogens is 208 g/mol. The van der Waals surface area contributed by atoms with Crippen LogP contribution in [0.25, 0.3) is 0 Å². The minimum Gasteiger partial charge on any atom is -0.444 e. The predicted octanol–water partition coefficient (Wildman–Crippen LogP) is 1.92. The number of ether oxygens (including phenoxy) is 1. The van der Waals surface area contributed by atoms with E-state index >= 15 is 0 Å². The lowest BCUT2D eigenvalue weighted by molar-refractivity contribution is 0.0635. The van der Waals surface area contributed by atoms with Crippen molar-refractivity contribution in [1.29, 1.82) is 0 Å². The number of aliphatic hydroxyl groups excluding tert-OH is 1. The predicted molar refractivity (Wildman–Crippen MR) is 60.0 cm³/mol. The highest BCUT2D eigenvalue weighted by Gasteiger charge is 2.16. The fourth-order valence-electron chi connectivity index (χ4n) is 0.892. The number of aliphatic hydroxyl groups is 1. The summed E-state index contributed by atoms with van der Waals surface area (Å²) in [6.45, 7) is 4.48. The average Bonchev–Trinajstić information content (AvgIpc) is 2.24. The van der Waals surface area contributed by atoms with Crippen LogP contribution in [0.1, 0.15) is 30.4 Å². The monoisotopic (exact) mass is 227 g/mol. The summed E-state index contributed by atoms with van der Waals surface area (Å²) in [5.74, 6) is -0.209. The third kappa shape index (κ3) is 4.27. The Balaban J connectivity index is 3.03. The van der Waals surface area contributed by atoms with Gasteiger partial charge in [0.05, 0.1) is 10.7 Å². The minimum absolute atomic E-state index is 0.0638. The first-order valence-corrected chi connectivity index (χ1v) is 4.73. The zero-order valence-corrected chi connectivity index (χ0v) is 9.42. The number of nitrogens with zero attached hydrogens (tertiary/aromatic N) is 1. The third-order valence-corrected chi connectivity index (χ3v) is 1.42. The Morgan fingerprint density at radius 1 is 1.69 bits per heavy atom. The van der Waals surface area contributed by atoms with Gasteiger partial charge in [-0.3, -0.25) is 5.32 Å². The maximum Gasteiger partial charge on any atom is 0.413 e. The number of hydrogen-bond donors (Lipinski definition) is 2. The van der Waals surface area contributed by atoms with Crippen LogP contribution in [0.4, 0.5) is 10.6 Å². The zero-order valence-electron chi connectivity index (χ0n) is 12.4. The molecule has 1 rings (SSSR count). The van der Waals surface area contributed by atoms with E-state index in [1.807, 2.05) is 0 Å². The maximum atomic E-state index is 11.5. The first-order valence-electron chi connectivity index (χ1n) is 6.23. The third-order valence-electron chi connectivity index (χ3n) is 1.42. The van der Waals surface area contributed by atoms with Gasteiger partial charge in [0, 0.05) is 6.17 Å². The van der Waals surface area contributed by atoms with Crippen LogP contribution in [-0.4, -0.2) is 21.8 Å². The molecule has 0 spiro atoms. The van der Waals surface area contributed by atoms with Crippen molar-refractivity contribution >= 4 is 11.9 Å². The molecule has 88 valence electrons. The Kier molecular flexibility index (Phi) is 2.63. The number of amides is 1. The molecule has 0 aliphatic rings. The fourth-order valence-corrected chi connectivity index (χ4v) is 0.892. The van der Waals surface area contributed by atoms with Gasteiger partial charge in [0.2, 0.25) is 0 Å². The van der Waals surface area contributed by atoms with Crippen molar-refractivity contribution in [2.45, 2.75) is 33.0 Å². The van der Waals surface area contributed by atoms with E-state index < -0.39 is 24.5 Å². The maximum absolute atomic E-state index is 11.5. The van der Waals surface area contributed by atoms with Gasteiger partial charge in [0.15, 0.2) is 0 Å². The van der Waals surface area contributed by atoms with Crippen LogP contribution in [0.3, 0.4) is 0 Å². The molecule has 1 aromatic heterocycles.